The molecule has 0 aliphatic heterocycles. The van der Waals surface area contributed by atoms with Gasteiger partial charge in [-0.25, -0.2) is 0 Å². The molecule has 0 atom stereocenters. The van der Waals surface area contributed by atoms with Crippen LogP contribution in [0, 0.1) is 11.3 Å². The van der Waals surface area contributed by atoms with Gasteiger partial charge < -0.3 is 19.7 Å². The monoisotopic (exact) mass is 477 g/mol. The number of alkyl halides is 1. The molecule has 174 valence electrons. The number of nitrogens with one attached hydrogen (secondary N) is 1. The number of unbranched alkanes of at least 4 members (excludes halogenated alkanes) is 3. The number of carbonyl (C=O) groups excluding carboxylic acids is 1. The van der Waals surface area contributed by atoms with Crippen LogP contribution in [0.3, 0.4) is 0 Å². The summed E-state index contributed by atoms with van der Waals surface area (Å²) in [6, 6.07) is 10.2. The van der Waals surface area contributed by atoms with E-state index in [4.69, 9.17) is 21.1 Å². The molecular weight excluding hydrogens is 446 g/mol. The zero-order chi connectivity index (χ0) is 23.2. The number of fused-ring (bicyclic) bond motifs is 1. The summed E-state index contributed by atoms with van der Waals surface area (Å²) in [5.74, 6) is 0.329. The fraction of sp³-hybridized carbons (Fsp3) is 0.500. The number of carbonyl (C=O) groups is 1. The van der Waals surface area contributed by atoms with Crippen molar-refractivity contribution in [1.29, 1.82) is 5.26 Å². The molecule has 8 heteroatoms. The summed E-state index contributed by atoms with van der Waals surface area (Å²) >= 11 is 7.20. The van der Waals surface area contributed by atoms with E-state index in [2.05, 4.69) is 17.4 Å². The minimum absolute atomic E-state index is 0.0851. The van der Waals surface area contributed by atoms with E-state index >= 15 is 0 Å². The van der Waals surface area contributed by atoms with Gasteiger partial charge in [0.15, 0.2) is 0 Å². The topological polar surface area (TPSA) is 74.6 Å². The second kappa shape index (κ2) is 14.9. The average Bonchev–Trinajstić information content (AvgIpc) is 3.19. The van der Waals surface area contributed by atoms with Gasteiger partial charge in [0.1, 0.15) is 11.6 Å². The van der Waals surface area contributed by atoms with E-state index in [-0.39, 0.29) is 5.57 Å². The van der Waals surface area contributed by atoms with E-state index in [1.54, 1.807) is 17.4 Å². The third kappa shape index (κ3) is 9.17. The van der Waals surface area contributed by atoms with Gasteiger partial charge in [-0.05, 0) is 42.5 Å². The third-order valence-corrected chi connectivity index (χ3v) is 6.08. The molecule has 0 aliphatic carbocycles. The highest BCUT2D eigenvalue weighted by Crippen LogP contribution is 2.30. The second-order valence-corrected chi connectivity index (χ2v) is 9.01. The first kappa shape index (κ1) is 26.1. The smallest absolute Gasteiger partial charge is 0.262 e. The lowest BCUT2D eigenvalue weighted by atomic mass is 10.2. The van der Waals surface area contributed by atoms with Crippen LogP contribution in [0.5, 0.6) is 0 Å². The molecular formula is C24H32ClN3O3S. The number of ether oxygens (including phenoxy) is 2. The molecule has 0 aliphatic rings. The molecule has 0 unspecified atom stereocenters. The summed E-state index contributed by atoms with van der Waals surface area (Å²) in [4.78, 5) is 15.2. The van der Waals surface area contributed by atoms with Crippen LogP contribution in [0.25, 0.3) is 16.2 Å². The Kier molecular flexibility index (Phi) is 12.1. The first-order valence-corrected chi connectivity index (χ1v) is 12.2. The Bertz CT molecular complexity index is 921. The van der Waals surface area contributed by atoms with E-state index < -0.39 is 5.91 Å². The number of halogens is 1. The van der Waals surface area contributed by atoms with Crippen LogP contribution < -0.4 is 10.2 Å². The molecule has 6 nitrogen and oxygen atoms in total. The first-order chi connectivity index (χ1) is 15.5. The summed E-state index contributed by atoms with van der Waals surface area (Å²) in [7, 11) is 3.99. The normalized spacial score (nSPS) is 11.5. The van der Waals surface area contributed by atoms with Gasteiger partial charge in [-0.3, -0.25) is 4.79 Å². The molecule has 0 radical (unpaired) electrons. The summed E-state index contributed by atoms with van der Waals surface area (Å²) in [6.07, 6.45) is 6.00. The van der Waals surface area contributed by atoms with Gasteiger partial charge in [0.2, 0.25) is 0 Å². The van der Waals surface area contributed by atoms with Crippen molar-refractivity contribution in [3.63, 3.8) is 0 Å². The van der Waals surface area contributed by atoms with Gasteiger partial charge in [0.25, 0.3) is 5.91 Å². The quantitative estimate of drug-likeness (QED) is 0.172. The molecule has 0 saturated carbocycles. The van der Waals surface area contributed by atoms with Crippen molar-refractivity contribution in [2.45, 2.75) is 25.7 Å². The Labute approximate surface area is 199 Å². The Morgan fingerprint density at radius 2 is 1.88 bits per heavy atom. The number of nitriles is 1. The average molecular weight is 478 g/mol. The van der Waals surface area contributed by atoms with Crippen molar-refractivity contribution >= 4 is 50.7 Å². The van der Waals surface area contributed by atoms with Crippen molar-refractivity contribution in [1.82, 2.24) is 5.32 Å². The van der Waals surface area contributed by atoms with Gasteiger partial charge in [0, 0.05) is 48.4 Å². The molecule has 1 N–H and O–H groups in total. The van der Waals surface area contributed by atoms with Crippen LogP contribution in [0.4, 0.5) is 5.69 Å². The molecule has 1 aromatic heterocycles. The van der Waals surface area contributed by atoms with Gasteiger partial charge in [-0.15, -0.1) is 22.9 Å². The van der Waals surface area contributed by atoms with Crippen molar-refractivity contribution in [3.05, 3.63) is 34.7 Å². The number of nitrogens with zero attached hydrogens (tertiary/aromatic N) is 2. The predicted octanol–water partition coefficient (Wildman–Crippen LogP) is 4.82. The number of rotatable bonds is 15. The lowest BCUT2D eigenvalue weighted by Gasteiger charge is -2.11. The van der Waals surface area contributed by atoms with Crippen molar-refractivity contribution in [3.8, 4) is 6.07 Å². The molecule has 32 heavy (non-hydrogen) atoms. The van der Waals surface area contributed by atoms with Crippen LogP contribution in [-0.2, 0) is 14.3 Å². The maximum Gasteiger partial charge on any atom is 0.262 e. The van der Waals surface area contributed by atoms with Crippen LogP contribution in [0.15, 0.2) is 29.8 Å². The lowest BCUT2D eigenvalue weighted by molar-refractivity contribution is -0.117. The van der Waals surface area contributed by atoms with E-state index in [0.29, 0.717) is 26.4 Å². The molecule has 0 saturated heterocycles. The largest absolute Gasteiger partial charge is 0.379 e. The molecule has 1 amide bonds. The Morgan fingerprint density at radius 1 is 1.12 bits per heavy atom. The van der Waals surface area contributed by atoms with Crippen LogP contribution in [0.1, 0.15) is 30.6 Å². The van der Waals surface area contributed by atoms with Crippen molar-refractivity contribution in [2.24, 2.45) is 0 Å². The summed E-state index contributed by atoms with van der Waals surface area (Å²) in [5, 5.41) is 13.2. The minimum Gasteiger partial charge on any atom is -0.379 e. The number of thiophene rings is 1. The maximum atomic E-state index is 12.3. The van der Waals surface area contributed by atoms with E-state index in [1.807, 2.05) is 37.2 Å². The number of anilines is 1. The number of hydrogen-bond acceptors (Lipinski definition) is 6. The van der Waals surface area contributed by atoms with Crippen molar-refractivity contribution < 1.29 is 14.3 Å². The standard InChI is InChI=1S/C24H32ClN3O3S/c1-28(2)21-8-7-19-15-22(32-23(19)17-21)16-20(18-26)24(29)27-10-12-31-14-13-30-11-6-4-3-5-9-25/h7-8,15-17H,3-6,9-14H2,1-2H3,(H,27,29)/b20-16+. The molecule has 2 rings (SSSR count). The zero-order valence-corrected chi connectivity index (χ0v) is 20.4. The van der Waals surface area contributed by atoms with Gasteiger partial charge in [0.05, 0.1) is 19.8 Å². The zero-order valence-electron chi connectivity index (χ0n) is 18.9. The highest BCUT2D eigenvalue weighted by Gasteiger charge is 2.10. The number of hydrogen-bond donors (Lipinski definition) is 1. The summed E-state index contributed by atoms with van der Waals surface area (Å²) < 4.78 is 12.1. The number of amides is 1. The van der Waals surface area contributed by atoms with Gasteiger partial charge in [-0.2, -0.15) is 5.26 Å². The Hall–Kier alpha value is -2.11. The second-order valence-electron chi connectivity index (χ2n) is 7.52. The predicted molar refractivity (Wildman–Crippen MR) is 134 cm³/mol. The van der Waals surface area contributed by atoms with Gasteiger partial charge >= 0.3 is 0 Å². The number of benzene rings is 1. The highest BCUT2D eigenvalue weighted by molar-refractivity contribution is 7.19. The minimum atomic E-state index is -0.393. The fourth-order valence-electron chi connectivity index (χ4n) is 2.99. The van der Waals surface area contributed by atoms with Crippen molar-refractivity contribution in [2.75, 3.05) is 57.8 Å². The van der Waals surface area contributed by atoms with E-state index in [1.165, 1.54) is 0 Å². The fourth-order valence-corrected chi connectivity index (χ4v) is 4.22. The Balaban J connectivity index is 1.69. The molecule has 2 aromatic rings. The van der Waals surface area contributed by atoms with E-state index in [0.717, 1.165) is 58.8 Å². The van der Waals surface area contributed by atoms with Crippen LogP contribution in [0.2, 0.25) is 0 Å². The van der Waals surface area contributed by atoms with E-state index in [9.17, 15) is 10.1 Å². The molecule has 1 heterocycles. The first-order valence-electron chi connectivity index (χ1n) is 10.9. The van der Waals surface area contributed by atoms with Gasteiger partial charge in [-0.1, -0.05) is 18.9 Å². The summed E-state index contributed by atoms with van der Waals surface area (Å²) in [5.41, 5.74) is 1.20. The van der Waals surface area contributed by atoms with Crippen LogP contribution >= 0.6 is 22.9 Å². The summed E-state index contributed by atoms with van der Waals surface area (Å²) in [6.45, 7) is 2.46. The van der Waals surface area contributed by atoms with Crippen LogP contribution in [-0.4, -0.2) is 58.9 Å². The molecule has 0 fully saturated rings. The third-order valence-electron chi connectivity index (χ3n) is 4.77. The molecule has 0 spiro atoms. The molecule has 1 aromatic carbocycles. The lowest BCUT2D eigenvalue weighted by Crippen LogP contribution is -2.28. The SMILES string of the molecule is CN(C)c1ccc2cc(/C=C(\C#N)C(=O)NCCOCCOCCCCCCCl)sc2c1. The highest BCUT2D eigenvalue weighted by atomic mass is 35.5. The Morgan fingerprint density at radius 3 is 2.59 bits per heavy atom. The maximum absolute atomic E-state index is 12.3. The molecule has 0 bridgehead atoms.